The molecule has 0 N–H and O–H groups in total. The number of carbonyl (C=O) groups is 1. The summed E-state index contributed by atoms with van der Waals surface area (Å²) in [5.41, 5.74) is 1.10. The summed E-state index contributed by atoms with van der Waals surface area (Å²) >= 11 is 0. The first kappa shape index (κ1) is 15.1. The average Bonchev–Trinajstić information content (AvgIpc) is 3.09. The van der Waals surface area contributed by atoms with Gasteiger partial charge >= 0.3 is 11.7 Å². The lowest BCUT2D eigenvalue weighted by Gasteiger charge is -2.00. The van der Waals surface area contributed by atoms with Crippen molar-refractivity contribution in [2.24, 2.45) is 0 Å². The number of esters is 1. The van der Waals surface area contributed by atoms with Gasteiger partial charge in [0.1, 0.15) is 5.58 Å². The number of hydrogen-bond donors (Lipinski definition) is 0. The molecule has 0 atom stereocenters. The van der Waals surface area contributed by atoms with Crippen LogP contribution in [0.1, 0.15) is 35.4 Å². The molecule has 0 unspecified atom stereocenters. The normalized spacial score (nSPS) is 11.0. The van der Waals surface area contributed by atoms with Crippen LogP contribution in [0.2, 0.25) is 0 Å². The fourth-order valence-corrected chi connectivity index (χ4v) is 2.43. The predicted molar refractivity (Wildman–Crippen MR) is 81.4 cm³/mol. The van der Waals surface area contributed by atoms with Crippen molar-refractivity contribution in [1.82, 2.24) is 9.78 Å². The molecule has 2 heterocycles. The first-order chi connectivity index (χ1) is 11.1. The van der Waals surface area contributed by atoms with E-state index in [1.54, 1.807) is 12.1 Å². The van der Waals surface area contributed by atoms with Crippen molar-refractivity contribution in [1.29, 1.82) is 0 Å². The summed E-state index contributed by atoms with van der Waals surface area (Å²) in [6.45, 7) is 2.05. The summed E-state index contributed by atoms with van der Waals surface area (Å²) in [5.74, 6) is -0.707. The molecule has 0 bridgehead atoms. The monoisotopic (exact) mass is 316 g/mol. The Morgan fingerprint density at radius 2 is 2.09 bits per heavy atom. The van der Waals surface area contributed by atoms with E-state index in [2.05, 4.69) is 5.10 Å². The molecule has 3 rings (SSSR count). The highest BCUT2D eigenvalue weighted by molar-refractivity contribution is 5.96. The number of furan rings is 1. The molecule has 120 valence electrons. The van der Waals surface area contributed by atoms with Gasteiger partial charge < -0.3 is 13.6 Å². The molecular weight excluding hydrogens is 300 g/mol. The van der Waals surface area contributed by atoms with Gasteiger partial charge in [0.25, 0.3) is 0 Å². The molecule has 0 aliphatic rings. The SMILES string of the molecule is CCCc1nn(Cc2c(C(=O)OC)oc3ccccc23)c(=O)o1. The van der Waals surface area contributed by atoms with Gasteiger partial charge in [-0.3, -0.25) is 0 Å². The van der Waals surface area contributed by atoms with Crippen molar-refractivity contribution in [2.75, 3.05) is 7.11 Å². The van der Waals surface area contributed by atoms with E-state index >= 15 is 0 Å². The third kappa shape index (κ3) is 2.77. The van der Waals surface area contributed by atoms with Crippen LogP contribution < -0.4 is 5.76 Å². The van der Waals surface area contributed by atoms with Gasteiger partial charge in [-0.05, 0) is 12.5 Å². The number of benzene rings is 1. The Morgan fingerprint density at radius 1 is 1.30 bits per heavy atom. The lowest BCUT2D eigenvalue weighted by molar-refractivity contribution is 0.0565. The quantitative estimate of drug-likeness (QED) is 0.672. The highest BCUT2D eigenvalue weighted by atomic mass is 16.5. The molecule has 0 amide bonds. The van der Waals surface area contributed by atoms with E-state index in [9.17, 15) is 9.59 Å². The molecule has 0 aliphatic heterocycles. The second-order valence-corrected chi connectivity index (χ2v) is 5.07. The van der Waals surface area contributed by atoms with E-state index in [4.69, 9.17) is 13.6 Å². The fraction of sp³-hybridized carbons (Fsp3) is 0.312. The van der Waals surface area contributed by atoms with Gasteiger partial charge in [-0.1, -0.05) is 25.1 Å². The van der Waals surface area contributed by atoms with Crippen LogP contribution in [0.25, 0.3) is 11.0 Å². The van der Waals surface area contributed by atoms with Gasteiger partial charge in [-0.2, -0.15) is 4.68 Å². The minimum absolute atomic E-state index is 0.0700. The second-order valence-electron chi connectivity index (χ2n) is 5.07. The number of para-hydroxylation sites is 1. The molecule has 3 aromatic rings. The molecule has 23 heavy (non-hydrogen) atoms. The Morgan fingerprint density at radius 3 is 2.83 bits per heavy atom. The summed E-state index contributed by atoms with van der Waals surface area (Å²) in [7, 11) is 1.28. The molecule has 0 spiro atoms. The number of fused-ring (bicyclic) bond motifs is 1. The molecule has 0 saturated carbocycles. The zero-order valence-electron chi connectivity index (χ0n) is 12.9. The standard InChI is InChI=1S/C16H16N2O5/c1-3-6-13-17-18(16(20)23-13)9-11-10-7-4-5-8-12(10)22-14(11)15(19)21-2/h4-5,7-8H,3,6,9H2,1-2H3. The lowest BCUT2D eigenvalue weighted by atomic mass is 10.1. The van der Waals surface area contributed by atoms with Crippen LogP contribution in [0.5, 0.6) is 0 Å². The number of carbonyl (C=O) groups excluding carboxylic acids is 1. The Bertz CT molecular complexity index is 903. The van der Waals surface area contributed by atoms with Gasteiger partial charge in [-0.25, -0.2) is 9.59 Å². The highest BCUT2D eigenvalue weighted by Gasteiger charge is 2.22. The Kier molecular flexibility index (Phi) is 4.01. The maximum atomic E-state index is 11.9. The molecule has 7 nitrogen and oxygen atoms in total. The Hall–Kier alpha value is -2.83. The zero-order valence-corrected chi connectivity index (χ0v) is 12.9. The molecule has 0 radical (unpaired) electrons. The third-order valence-corrected chi connectivity index (χ3v) is 3.49. The van der Waals surface area contributed by atoms with E-state index in [1.165, 1.54) is 11.8 Å². The van der Waals surface area contributed by atoms with Crippen LogP contribution in [-0.4, -0.2) is 22.9 Å². The van der Waals surface area contributed by atoms with Crippen molar-refractivity contribution in [3.63, 3.8) is 0 Å². The molecule has 0 fully saturated rings. The molecule has 0 saturated heterocycles. The van der Waals surface area contributed by atoms with Crippen LogP contribution >= 0.6 is 0 Å². The maximum absolute atomic E-state index is 11.9. The van der Waals surface area contributed by atoms with Crippen LogP contribution in [0.15, 0.2) is 37.9 Å². The van der Waals surface area contributed by atoms with Crippen LogP contribution in [-0.2, 0) is 17.7 Å². The van der Waals surface area contributed by atoms with Gasteiger partial charge in [0.05, 0.1) is 13.7 Å². The minimum Gasteiger partial charge on any atom is -0.463 e. The highest BCUT2D eigenvalue weighted by Crippen LogP contribution is 2.27. The predicted octanol–water partition coefficient (Wildman–Crippen LogP) is 2.37. The first-order valence-corrected chi connectivity index (χ1v) is 7.29. The number of methoxy groups -OCH3 is 1. The van der Waals surface area contributed by atoms with Crippen molar-refractivity contribution in [3.05, 3.63) is 52.0 Å². The van der Waals surface area contributed by atoms with Gasteiger partial charge in [0, 0.05) is 17.4 Å². The van der Waals surface area contributed by atoms with Crippen molar-refractivity contribution >= 4 is 16.9 Å². The molecule has 2 aromatic heterocycles. The summed E-state index contributed by atoms with van der Waals surface area (Å²) in [4.78, 5) is 23.9. The summed E-state index contributed by atoms with van der Waals surface area (Å²) in [6, 6.07) is 7.20. The second kappa shape index (κ2) is 6.12. The summed E-state index contributed by atoms with van der Waals surface area (Å²) in [5, 5.41) is 4.89. The number of aromatic nitrogens is 2. The number of nitrogens with zero attached hydrogens (tertiary/aromatic N) is 2. The van der Waals surface area contributed by atoms with Crippen LogP contribution in [0, 0.1) is 0 Å². The summed E-state index contributed by atoms with van der Waals surface area (Å²) < 4.78 is 16.6. The largest absolute Gasteiger partial charge is 0.463 e. The summed E-state index contributed by atoms with van der Waals surface area (Å²) in [6.07, 6.45) is 1.40. The van der Waals surface area contributed by atoms with E-state index in [0.717, 1.165) is 11.8 Å². The molecule has 1 aromatic carbocycles. The van der Waals surface area contributed by atoms with Crippen molar-refractivity contribution in [3.8, 4) is 0 Å². The maximum Gasteiger partial charge on any atom is 0.437 e. The van der Waals surface area contributed by atoms with E-state index in [-0.39, 0.29) is 12.3 Å². The lowest BCUT2D eigenvalue weighted by Crippen LogP contribution is -2.18. The Balaban J connectivity index is 2.08. The fourth-order valence-electron chi connectivity index (χ4n) is 2.43. The van der Waals surface area contributed by atoms with Crippen molar-refractivity contribution in [2.45, 2.75) is 26.3 Å². The van der Waals surface area contributed by atoms with Gasteiger partial charge in [-0.15, -0.1) is 5.10 Å². The smallest absolute Gasteiger partial charge is 0.437 e. The average molecular weight is 316 g/mol. The molecular formula is C16H16N2O5. The Labute approximate surface area is 131 Å². The first-order valence-electron chi connectivity index (χ1n) is 7.29. The topological polar surface area (TPSA) is 87.5 Å². The zero-order chi connectivity index (χ0) is 16.4. The number of aryl methyl sites for hydroxylation is 1. The van der Waals surface area contributed by atoms with E-state index in [0.29, 0.717) is 23.5 Å². The van der Waals surface area contributed by atoms with Crippen LogP contribution in [0.3, 0.4) is 0 Å². The number of rotatable bonds is 5. The minimum atomic E-state index is -0.596. The van der Waals surface area contributed by atoms with Gasteiger partial charge in [0.2, 0.25) is 11.7 Å². The molecule has 7 heteroatoms. The van der Waals surface area contributed by atoms with E-state index in [1.807, 2.05) is 19.1 Å². The van der Waals surface area contributed by atoms with E-state index < -0.39 is 11.7 Å². The van der Waals surface area contributed by atoms with Crippen molar-refractivity contribution < 1.29 is 18.4 Å². The number of hydrogen-bond acceptors (Lipinski definition) is 6. The van der Waals surface area contributed by atoms with Crippen LogP contribution in [0.4, 0.5) is 0 Å². The number of ether oxygens (including phenoxy) is 1. The third-order valence-electron chi connectivity index (χ3n) is 3.49. The molecule has 0 aliphatic carbocycles. The van der Waals surface area contributed by atoms with Gasteiger partial charge in [0.15, 0.2) is 0 Å².